The summed E-state index contributed by atoms with van der Waals surface area (Å²) in [6.07, 6.45) is 2.64. The summed E-state index contributed by atoms with van der Waals surface area (Å²) in [7, 11) is 0. The van der Waals surface area contributed by atoms with Gasteiger partial charge in [0, 0.05) is 6.08 Å². The minimum atomic E-state index is -1.08. The van der Waals surface area contributed by atoms with Crippen molar-refractivity contribution in [2.45, 2.75) is 27.7 Å². The Morgan fingerprint density at radius 2 is 1.35 bits per heavy atom. The second kappa shape index (κ2) is 10.00. The third kappa shape index (κ3) is 6.36. The van der Waals surface area contributed by atoms with E-state index in [9.17, 15) is 14.4 Å². The highest BCUT2D eigenvalue weighted by Crippen LogP contribution is 2.17. The molecule has 0 aromatic rings. The molecule has 0 heterocycles. The van der Waals surface area contributed by atoms with Crippen LogP contribution in [-0.2, 0) is 28.6 Å². The second-order valence-corrected chi connectivity index (χ2v) is 3.95. The van der Waals surface area contributed by atoms with Crippen molar-refractivity contribution in [3.63, 3.8) is 0 Å². The fourth-order valence-corrected chi connectivity index (χ4v) is 1.52. The van der Waals surface area contributed by atoms with E-state index >= 15 is 0 Å². The topological polar surface area (TPSA) is 78.9 Å². The highest BCUT2D eigenvalue weighted by Gasteiger charge is 2.33. The minimum Gasteiger partial charge on any atom is -0.465 e. The maximum atomic E-state index is 11.8. The van der Waals surface area contributed by atoms with E-state index in [1.54, 1.807) is 27.7 Å². The van der Waals surface area contributed by atoms with Crippen LogP contribution in [0.3, 0.4) is 0 Å². The molecule has 6 nitrogen and oxygen atoms in total. The lowest BCUT2D eigenvalue weighted by Gasteiger charge is -2.18. The Balaban J connectivity index is 4.87. The van der Waals surface area contributed by atoms with Gasteiger partial charge < -0.3 is 14.2 Å². The first-order valence-corrected chi connectivity index (χ1v) is 6.66. The molecule has 20 heavy (non-hydrogen) atoms. The molecule has 0 radical (unpaired) electrons. The maximum Gasteiger partial charge on any atom is 0.330 e. The summed E-state index contributed by atoms with van der Waals surface area (Å²) in [4.78, 5) is 34.8. The molecule has 0 aromatic carbocycles. The first-order valence-electron chi connectivity index (χ1n) is 6.66. The van der Waals surface area contributed by atoms with Gasteiger partial charge in [-0.2, -0.15) is 0 Å². The summed E-state index contributed by atoms with van der Waals surface area (Å²) < 4.78 is 14.4. The third-order valence-electron chi connectivity index (χ3n) is 2.43. The molecule has 0 unspecified atom stereocenters. The summed E-state index contributed by atoms with van der Waals surface area (Å²) in [6, 6.07) is 0. The molecule has 1 atom stereocenters. The van der Waals surface area contributed by atoms with Gasteiger partial charge >= 0.3 is 17.9 Å². The number of hydrogen-bond acceptors (Lipinski definition) is 6. The SMILES string of the molecule is CCOC(=O)/C=C/[C@H](C)C(C(=O)OCC)C(=O)OCC. The van der Waals surface area contributed by atoms with Crippen molar-refractivity contribution in [1.29, 1.82) is 0 Å². The van der Waals surface area contributed by atoms with E-state index in [0.717, 1.165) is 0 Å². The molecular weight excluding hydrogens is 264 g/mol. The molecule has 6 heteroatoms. The summed E-state index contributed by atoms with van der Waals surface area (Å²) in [5.41, 5.74) is 0. The zero-order valence-corrected chi connectivity index (χ0v) is 12.4. The van der Waals surface area contributed by atoms with Gasteiger partial charge in [-0.05, 0) is 26.7 Å². The summed E-state index contributed by atoms with van der Waals surface area (Å²) in [5, 5.41) is 0. The normalized spacial score (nSPS) is 12.2. The van der Waals surface area contributed by atoms with Crippen molar-refractivity contribution in [2.75, 3.05) is 19.8 Å². The van der Waals surface area contributed by atoms with Crippen molar-refractivity contribution in [2.24, 2.45) is 11.8 Å². The number of carbonyl (C=O) groups is 3. The molecule has 0 aromatic heterocycles. The van der Waals surface area contributed by atoms with Crippen LogP contribution >= 0.6 is 0 Å². The molecule has 0 aliphatic carbocycles. The lowest BCUT2D eigenvalue weighted by atomic mass is 9.93. The zero-order valence-electron chi connectivity index (χ0n) is 12.4. The quantitative estimate of drug-likeness (QED) is 0.291. The number of hydrogen-bond donors (Lipinski definition) is 0. The largest absolute Gasteiger partial charge is 0.465 e. The summed E-state index contributed by atoms with van der Waals surface area (Å²) in [5.74, 6) is -3.46. The predicted molar refractivity (Wildman–Crippen MR) is 71.7 cm³/mol. The number of esters is 3. The molecule has 0 amide bonds. The molecular formula is C14H22O6. The van der Waals surface area contributed by atoms with Gasteiger partial charge in [0.15, 0.2) is 5.92 Å². The van der Waals surface area contributed by atoms with Crippen LogP contribution in [0.2, 0.25) is 0 Å². The van der Waals surface area contributed by atoms with E-state index in [0.29, 0.717) is 0 Å². The fraction of sp³-hybridized carbons (Fsp3) is 0.643. The Kier molecular flexibility index (Phi) is 9.07. The van der Waals surface area contributed by atoms with E-state index in [4.69, 9.17) is 14.2 Å². The summed E-state index contributed by atoms with van der Waals surface area (Å²) in [6.45, 7) is 7.23. The van der Waals surface area contributed by atoms with Crippen molar-refractivity contribution >= 4 is 17.9 Å². The molecule has 0 fully saturated rings. The second-order valence-electron chi connectivity index (χ2n) is 3.95. The van der Waals surface area contributed by atoms with Gasteiger partial charge in [0.1, 0.15) is 0 Å². The predicted octanol–water partition coefficient (Wildman–Crippen LogP) is 1.48. The molecule has 0 aliphatic rings. The molecule has 0 aliphatic heterocycles. The average molecular weight is 286 g/mol. The van der Waals surface area contributed by atoms with Crippen LogP contribution < -0.4 is 0 Å². The molecule has 0 saturated heterocycles. The summed E-state index contributed by atoms with van der Waals surface area (Å²) >= 11 is 0. The number of rotatable bonds is 8. The highest BCUT2D eigenvalue weighted by molar-refractivity contribution is 5.95. The Morgan fingerprint density at radius 3 is 1.75 bits per heavy atom. The van der Waals surface area contributed by atoms with Crippen LogP contribution in [-0.4, -0.2) is 37.7 Å². The Labute approximate surface area is 119 Å². The van der Waals surface area contributed by atoms with Crippen LogP contribution in [0.1, 0.15) is 27.7 Å². The smallest absolute Gasteiger partial charge is 0.330 e. The van der Waals surface area contributed by atoms with Crippen molar-refractivity contribution in [3.8, 4) is 0 Å². The van der Waals surface area contributed by atoms with Crippen LogP contribution in [0.5, 0.6) is 0 Å². The van der Waals surface area contributed by atoms with Gasteiger partial charge in [-0.15, -0.1) is 0 Å². The minimum absolute atomic E-state index is 0.170. The van der Waals surface area contributed by atoms with Crippen LogP contribution in [0.4, 0.5) is 0 Å². The van der Waals surface area contributed by atoms with Crippen molar-refractivity contribution in [3.05, 3.63) is 12.2 Å². The highest BCUT2D eigenvalue weighted by atomic mass is 16.6. The first kappa shape index (κ1) is 18.1. The fourth-order valence-electron chi connectivity index (χ4n) is 1.52. The van der Waals surface area contributed by atoms with Crippen LogP contribution in [0.15, 0.2) is 12.2 Å². The number of allylic oxidation sites excluding steroid dienone is 1. The molecule has 0 bridgehead atoms. The number of ether oxygens (including phenoxy) is 3. The van der Waals surface area contributed by atoms with Gasteiger partial charge in [0.2, 0.25) is 0 Å². The molecule has 0 N–H and O–H groups in total. The van der Waals surface area contributed by atoms with Crippen LogP contribution in [0, 0.1) is 11.8 Å². The van der Waals surface area contributed by atoms with Gasteiger partial charge in [0.05, 0.1) is 19.8 Å². The Bertz CT molecular complexity index is 343. The third-order valence-corrected chi connectivity index (χ3v) is 2.43. The average Bonchev–Trinajstić information content (AvgIpc) is 2.37. The molecule has 0 rings (SSSR count). The van der Waals surface area contributed by atoms with E-state index in [1.165, 1.54) is 12.2 Å². The van der Waals surface area contributed by atoms with Gasteiger partial charge in [-0.25, -0.2) is 4.79 Å². The Hall–Kier alpha value is -1.85. The van der Waals surface area contributed by atoms with E-state index < -0.39 is 29.7 Å². The van der Waals surface area contributed by atoms with Crippen LogP contribution in [0.25, 0.3) is 0 Å². The van der Waals surface area contributed by atoms with E-state index in [1.807, 2.05) is 0 Å². The monoisotopic (exact) mass is 286 g/mol. The first-order chi connectivity index (χ1) is 9.47. The lowest BCUT2D eigenvalue weighted by molar-refractivity contribution is -0.163. The lowest BCUT2D eigenvalue weighted by Crippen LogP contribution is -2.32. The van der Waals surface area contributed by atoms with Crippen molar-refractivity contribution in [1.82, 2.24) is 0 Å². The molecule has 114 valence electrons. The van der Waals surface area contributed by atoms with Gasteiger partial charge in [0.25, 0.3) is 0 Å². The van der Waals surface area contributed by atoms with Gasteiger partial charge in [-0.3, -0.25) is 9.59 Å². The zero-order chi connectivity index (χ0) is 15.5. The van der Waals surface area contributed by atoms with Gasteiger partial charge in [-0.1, -0.05) is 13.0 Å². The standard InChI is InChI=1S/C14H22O6/c1-5-18-11(15)9-8-10(4)12(13(16)19-6-2)14(17)20-7-3/h8-10,12H,5-7H2,1-4H3/b9-8+/t10-/m0/s1. The molecule has 0 spiro atoms. The van der Waals surface area contributed by atoms with E-state index in [-0.39, 0.29) is 19.8 Å². The number of carbonyl (C=O) groups excluding carboxylic acids is 3. The Morgan fingerprint density at radius 1 is 0.900 bits per heavy atom. The van der Waals surface area contributed by atoms with Crippen molar-refractivity contribution < 1.29 is 28.6 Å². The van der Waals surface area contributed by atoms with E-state index in [2.05, 4.69) is 0 Å². The maximum absolute atomic E-state index is 11.8. The molecule has 0 saturated carbocycles.